The Morgan fingerprint density at radius 1 is 1.26 bits per heavy atom. The van der Waals surface area contributed by atoms with E-state index in [1.165, 1.54) is 5.56 Å². The van der Waals surface area contributed by atoms with Crippen LogP contribution in [0, 0.1) is 0 Å². The van der Waals surface area contributed by atoms with Crippen LogP contribution in [-0.2, 0) is 6.54 Å². The molecule has 1 aromatic carbocycles. The van der Waals surface area contributed by atoms with Gasteiger partial charge in [0.2, 0.25) is 0 Å². The molecule has 0 bridgehead atoms. The molecule has 1 fully saturated rings. The largest absolute Gasteiger partial charge is 0.393 e. The third-order valence-corrected chi connectivity index (χ3v) is 5.60. The second kappa shape index (κ2) is 7.80. The van der Waals surface area contributed by atoms with E-state index in [0.717, 1.165) is 48.0 Å². The van der Waals surface area contributed by atoms with Crippen molar-refractivity contribution >= 4 is 38.6 Å². The minimum atomic E-state index is -0.173. The summed E-state index contributed by atoms with van der Waals surface area (Å²) in [6.07, 6.45) is 4.88. The summed E-state index contributed by atoms with van der Waals surface area (Å²) in [6, 6.07) is 9.74. The molecule has 1 aliphatic rings. The van der Waals surface area contributed by atoms with Gasteiger partial charge >= 0.3 is 0 Å². The van der Waals surface area contributed by atoms with E-state index in [1.807, 2.05) is 30.3 Å². The zero-order valence-electron chi connectivity index (χ0n) is 14.8. The number of fused-ring (bicyclic) bond motifs is 1. The smallest absolute Gasteiger partial charge is 0.257 e. The molecule has 2 aromatic heterocycles. The molecule has 1 aliphatic heterocycles. The minimum Gasteiger partial charge on any atom is -0.393 e. The average Bonchev–Trinajstić information content (AvgIpc) is 3.11. The Balaban J connectivity index is 1.43. The van der Waals surface area contributed by atoms with E-state index in [-0.39, 0.29) is 12.0 Å². The van der Waals surface area contributed by atoms with Crippen molar-refractivity contribution in [1.82, 2.24) is 14.9 Å². The molecule has 27 heavy (non-hydrogen) atoms. The summed E-state index contributed by atoms with van der Waals surface area (Å²) in [6.45, 7) is 2.70. The molecule has 4 rings (SSSR count). The van der Waals surface area contributed by atoms with Gasteiger partial charge in [0.15, 0.2) is 0 Å². The lowest BCUT2D eigenvalue weighted by molar-refractivity contribution is 0.0792. The first-order valence-electron chi connectivity index (χ1n) is 9.02. The second-order valence-electron chi connectivity index (χ2n) is 6.88. The van der Waals surface area contributed by atoms with Gasteiger partial charge in [0, 0.05) is 47.6 Å². The van der Waals surface area contributed by atoms with E-state index < -0.39 is 0 Å². The standard InChI is InChI=1S/C20H21BrN4O2/c21-17-5-8-22-19-18(17)16(11-23-19)20(27)24-14-3-1-13(2-4-14)12-25-9-6-15(26)7-10-25/h1-5,8,11,15,26H,6-7,9-10,12H2,(H,22,23)(H,24,27). The van der Waals surface area contributed by atoms with Crippen LogP contribution in [0.1, 0.15) is 28.8 Å². The average molecular weight is 429 g/mol. The molecule has 1 saturated heterocycles. The molecule has 0 saturated carbocycles. The number of nitrogens with zero attached hydrogens (tertiary/aromatic N) is 2. The predicted octanol–water partition coefficient (Wildman–Crippen LogP) is 3.53. The number of rotatable bonds is 4. The van der Waals surface area contributed by atoms with Gasteiger partial charge in [-0.05, 0) is 52.5 Å². The number of hydrogen-bond donors (Lipinski definition) is 3. The number of carbonyl (C=O) groups is 1. The minimum absolute atomic E-state index is 0.154. The Labute approximate surface area is 165 Å². The summed E-state index contributed by atoms with van der Waals surface area (Å²) >= 11 is 3.48. The third kappa shape index (κ3) is 4.05. The van der Waals surface area contributed by atoms with Crippen LogP contribution in [0.15, 0.2) is 47.2 Å². The van der Waals surface area contributed by atoms with Gasteiger partial charge in [0.05, 0.1) is 11.7 Å². The number of nitrogens with one attached hydrogen (secondary N) is 2. The van der Waals surface area contributed by atoms with Crippen molar-refractivity contribution in [3.8, 4) is 0 Å². The Hall–Kier alpha value is -2.22. The monoisotopic (exact) mass is 428 g/mol. The highest BCUT2D eigenvalue weighted by Crippen LogP contribution is 2.26. The molecule has 0 atom stereocenters. The fourth-order valence-corrected chi connectivity index (χ4v) is 3.94. The van der Waals surface area contributed by atoms with E-state index in [9.17, 15) is 9.90 Å². The van der Waals surface area contributed by atoms with Crippen LogP contribution >= 0.6 is 15.9 Å². The van der Waals surface area contributed by atoms with Crippen LogP contribution in [0.5, 0.6) is 0 Å². The fraction of sp³-hybridized carbons (Fsp3) is 0.300. The number of likely N-dealkylation sites (tertiary alicyclic amines) is 1. The highest BCUT2D eigenvalue weighted by atomic mass is 79.9. The normalized spacial score (nSPS) is 15.9. The number of carbonyl (C=O) groups excluding carboxylic acids is 1. The Morgan fingerprint density at radius 2 is 2.00 bits per heavy atom. The van der Waals surface area contributed by atoms with Gasteiger partial charge < -0.3 is 15.4 Å². The molecule has 7 heteroatoms. The van der Waals surface area contributed by atoms with Crippen molar-refractivity contribution < 1.29 is 9.90 Å². The summed E-state index contributed by atoms with van der Waals surface area (Å²) in [7, 11) is 0. The van der Waals surface area contributed by atoms with Gasteiger partial charge in [-0.25, -0.2) is 4.98 Å². The molecule has 6 nitrogen and oxygen atoms in total. The first kappa shape index (κ1) is 18.2. The first-order valence-corrected chi connectivity index (χ1v) is 9.82. The fourth-order valence-electron chi connectivity index (χ4n) is 3.42. The molecule has 0 spiro atoms. The van der Waals surface area contributed by atoms with Crippen LogP contribution in [0.4, 0.5) is 5.69 Å². The van der Waals surface area contributed by atoms with E-state index in [2.05, 4.69) is 36.1 Å². The SMILES string of the molecule is O=C(Nc1ccc(CN2CCC(O)CC2)cc1)c1c[nH]c2nccc(Br)c12. The van der Waals surface area contributed by atoms with Gasteiger partial charge in [-0.2, -0.15) is 0 Å². The number of piperidine rings is 1. The molecular formula is C20H21BrN4O2. The zero-order valence-corrected chi connectivity index (χ0v) is 16.4. The van der Waals surface area contributed by atoms with Crippen molar-refractivity contribution in [2.75, 3.05) is 18.4 Å². The van der Waals surface area contributed by atoms with Crippen LogP contribution in [-0.4, -0.2) is 45.1 Å². The number of hydrogen-bond acceptors (Lipinski definition) is 4. The lowest BCUT2D eigenvalue weighted by atomic mass is 10.1. The van der Waals surface area contributed by atoms with Crippen LogP contribution in [0.25, 0.3) is 11.0 Å². The first-order chi connectivity index (χ1) is 13.1. The summed E-state index contributed by atoms with van der Waals surface area (Å²) in [5.74, 6) is -0.173. The second-order valence-corrected chi connectivity index (χ2v) is 7.73. The number of pyridine rings is 1. The lowest BCUT2D eigenvalue weighted by Crippen LogP contribution is -2.35. The van der Waals surface area contributed by atoms with Gasteiger partial charge in [0.1, 0.15) is 5.65 Å². The maximum atomic E-state index is 12.7. The van der Waals surface area contributed by atoms with E-state index in [1.54, 1.807) is 12.4 Å². The Kier molecular flexibility index (Phi) is 5.24. The number of aliphatic hydroxyl groups excluding tert-OH is 1. The maximum absolute atomic E-state index is 12.7. The molecule has 1 amide bonds. The van der Waals surface area contributed by atoms with Gasteiger partial charge in [0.25, 0.3) is 5.91 Å². The predicted molar refractivity (Wildman–Crippen MR) is 109 cm³/mol. The number of halogens is 1. The van der Waals surface area contributed by atoms with E-state index in [4.69, 9.17) is 0 Å². The molecule has 0 aliphatic carbocycles. The van der Waals surface area contributed by atoms with Crippen molar-refractivity contribution in [2.24, 2.45) is 0 Å². The van der Waals surface area contributed by atoms with Gasteiger partial charge in [-0.1, -0.05) is 12.1 Å². The molecule has 0 unspecified atom stereocenters. The summed E-state index contributed by atoms with van der Waals surface area (Å²) < 4.78 is 0.834. The molecular weight excluding hydrogens is 408 g/mol. The van der Waals surface area contributed by atoms with Crippen LogP contribution < -0.4 is 5.32 Å². The summed E-state index contributed by atoms with van der Waals surface area (Å²) in [5, 5.41) is 13.3. The number of aliphatic hydroxyl groups is 1. The van der Waals surface area contributed by atoms with E-state index in [0.29, 0.717) is 11.2 Å². The number of aromatic amines is 1. The Morgan fingerprint density at radius 3 is 2.74 bits per heavy atom. The third-order valence-electron chi connectivity index (χ3n) is 4.94. The van der Waals surface area contributed by atoms with E-state index >= 15 is 0 Å². The maximum Gasteiger partial charge on any atom is 0.257 e. The number of H-pyrrole nitrogens is 1. The molecule has 0 radical (unpaired) electrons. The van der Waals surface area contributed by atoms with Crippen molar-refractivity contribution in [3.63, 3.8) is 0 Å². The van der Waals surface area contributed by atoms with Crippen molar-refractivity contribution in [3.05, 3.63) is 58.3 Å². The molecule has 3 aromatic rings. The van der Waals surface area contributed by atoms with Crippen LogP contribution in [0.3, 0.4) is 0 Å². The Bertz CT molecular complexity index is 946. The lowest BCUT2D eigenvalue weighted by Gasteiger charge is -2.29. The molecule has 140 valence electrons. The van der Waals surface area contributed by atoms with Gasteiger partial charge in [-0.3, -0.25) is 9.69 Å². The molecule has 3 heterocycles. The van der Waals surface area contributed by atoms with Crippen molar-refractivity contribution in [1.29, 1.82) is 0 Å². The van der Waals surface area contributed by atoms with Crippen LogP contribution in [0.2, 0.25) is 0 Å². The number of amides is 1. The number of aromatic nitrogens is 2. The highest BCUT2D eigenvalue weighted by molar-refractivity contribution is 9.10. The van der Waals surface area contributed by atoms with Crippen molar-refractivity contribution in [2.45, 2.75) is 25.5 Å². The topological polar surface area (TPSA) is 81.3 Å². The summed E-state index contributed by atoms with van der Waals surface area (Å²) in [5.41, 5.74) is 3.19. The molecule has 3 N–H and O–H groups in total. The highest BCUT2D eigenvalue weighted by Gasteiger charge is 2.17. The number of anilines is 1. The summed E-state index contributed by atoms with van der Waals surface area (Å²) in [4.78, 5) is 22.3. The van der Waals surface area contributed by atoms with Gasteiger partial charge in [-0.15, -0.1) is 0 Å². The quantitative estimate of drug-likeness (QED) is 0.593. The zero-order chi connectivity index (χ0) is 18.8. The number of benzene rings is 1.